The van der Waals surface area contributed by atoms with Crippen molar-refractivity contribution < 1.29 is 9.50 Å². The zero-order chi connectivity index (χ0) is 16.9. The molecule has 1 saturated carbocycles. The van der Waals surface area contributed by atoms with E-state index in [-0.39, 0.29) is 11.2 Å². The van der Waals surface area contributed by atoms with Gasteiger partial charge in [0.2, 0.25) is 0 Å². The maximum absolute atomic E-state index is 13.2. The third-order valence-electron chi connectivity index (χ3n) is 5.82. The van der Waals surface area contributed by atoms with Crippen LogP contribution in [-0.4, -0.2) is 20.5 Å². The number of aliphatic hydroxyl groups is 1. The largest absolute Gasteiger partial charge is 0.385 e. The number of rotatable bonds is 2. The van der Waals surface area contributed by atoms with Crippen molar-refractivity contribution in [1.29, 1.82) is 0 Å². The van der Waals surface area contributed by atoms with E-state index in [1.165, 1.54) is 17.7 Å². The molecule has 124 valence electrons. The molecule has 0 amide bonds. The first-order valence-electron chi connectivity index (χ1n) is 8.37. The van der Waals surface area contributed by atoms with Gasteiger partial charge in [-0.2, -0.15) is 5.10 Å². The number of aromatic nitrogens is 2. The van der Waals surface area contributed by atoms with Gasteiger partial charge in [0.1, 0.15) is 5.82 Å². The Balaban J connectivity index is 1.82. The molecular weight excluding hydrogens is 303 g/mol. The molecule has 0 bridgehead atoms. The third-order valence-corrected chi connectivity index (χ3v) is 5.82. The van der Waals surface area contributed by atoms with Crippen LogP contribution in [0.5, 0.6) is 0 Å². The summed E-state index contributed by atoms with van der Waals surface area (Å²) >= 11 is 0. The fourth-order valence-electron chi connectivity index (χ4n) is 4.22. The van der Waals surface area contributed by atoms with Gasteiger partial charge in [0, 0.05) is 5.41 Å². The maximum atomic E-state index is 13.2. The summed E-state index contributed by atoms with van der Waals surface area (Å²) in [6.07, 6.45) is 9.11. The Bertz CT molecular complexity index is 836. The van der Waals surface area contributed by atoms with Crippen LogP contribution in [0.3, 0.4) is 0 Å². The number of hydrogen-bond acceptors (Lipinski definition) is 2. The van der Waals surface area contributed by atoms with Crippen molar-refractivity contribution in [2.24, 2.45) is 5.41 Å². The van der Waals surface area contributed by atoms with E-state index < -0.39 is 5.60 Å². The van der Waals surface area contributed by atoms with E-state index >= 15 is 0 Å². The molecule has 0 unspecified atom stereocenters. The van der Waals surface area contributed by atoms with Gasteiger partial charge in [0.25, 0.3) is 0 Å². The van der Waals surface area contributed by atoms with Crippen molar-refractivity contribution >= 4 is 6.08 Å². The molecule has 1 N–H and O–H groups in total. The van der Waals surface area contributed by atoms with Crippen LogP contribution in [0.2, 0.25) is 0 Å². The van der Waals surface area contributed by atoms with Gasteiger partial charge < -0.3 is 5.11 Å². The first-order valence-corrected chi connectivity index (χ1v) is 8.37. The second-order valence-electron chi connectivity index (χ2n) is 7.10. The van der Waals surface area contributed by atoms with E-state index in [0.29, 0.717) is 0 Å². The normalized spacial score (nSPS) is 28.7. The van der Waals surface area contributed by atoms with E-state index in [4.69, 9.17) is 0 Å². The lowest BCUT2D eigenvalue weighted by Crippen LogP contribution is -2.50. The molecule has 3 nitrogen and oxygen atoms in total. The number of halogens is 1. The quantitative estimate of drug-likeness (QED) is 0.846. The highest BCUT2D eigenvalue weighted by molar-refractivity contribution is 5.62. The third kappa shape index (κ3) is 2.02. The summed E-state index contributed by atoms with van der Waals surface area (Å²) in [7, 11) is 0. The predicted molar refractivity (Wildman–Crippen MR) is 92.3 cm³/mol. The zero-order valence-corrected chi connectivity index (χ0v) is 13.8. The highest BCUT2D eigenvalue weighted by atomic mass is 19.1. The lowest BCUT2D eigenvalue weighted by atomic mass is 9.57. The Labute approximate surface area is 141 Å². The second kappa shape index (κ2) is 5.15. The standard InChI is InChI=1S/C20H21FN2O/c1-3-20(24)10-4-5-15-11-18-14(12-19(15,20)2)13-22-23(18)17-8-6-16(21)7-9-17/h3,6-9,11,13,24H,1,4-5,10,12H2,2H3/t19-,20-/m0/s1. The Morgan fingerprint density at radius 2 is 2.08 bits per heavy atom. The molecule has 2 atom stereocenters. The minimum atomic E-state index is -0.882. The molecule has 0 aliphatic heterocycles. The molecule has 2 aromatic rings. The summed E-state index contributed by atoms with van der Waals surface area (Å²) in [4.78, 5) is 0. The Kier molecular flexibility index (Phi) is 3.29. The molecule has 0 radical (unpaired) electrons. The molecular formula is C20H21FN2O. The Morgan fingerprint density at radius 3 is 2.79 bits per heavy atom. The SMILES string of the molecule is C=C[C@]1(O)CCCC2=Cc3c(cnn3-c3ccc(F)cc3)C[C@@]21C. The van der Waals surface area contributed by atoms with Gasteiger partial charge in [-0.05, 0) is 61.6 Å². The Morgan fingerprint density at radius 1 is 1.33 bits per heavy atom. The molecule has 0 spiro atoms. The fraction of sp³-hybridized carbons (Fsp3) is 0.350. The van der Waals surface area contributed by atoms with Gasteiger partial charge in [-0.15, -0.1) is 6.58 Å². The number of hydrogen-bond donors (Lipinski definition) is 1. The number of nitrogens with zero attached hydrogens (tertiary/aromatic N) is 2. The van der Waals surface area contributed by atoms with Crippen molar-refractivity contribution in [3.8, 4) is 5.69 Å². The van der Waals surface area contributed by atoms with Gasteiger partial charge in [0.05, 0.1) is 23.2 Å². The second-order valence-corrected chi connectivity index (χ2v) is 7.10. The van der Waals surface area contributed by atoms with Gasteiger partial charge in [0.15, 0.2) is 0 Å². The van der Waals surface area contributed by atoms with Gasteiger partial charge in [-0.1, -0.05) is 18.6 Å². The van der Waals surface area contributed by atoms with Crippen molar-refractivity contribution in [1.82, 2.24) is 9.78 Å². The molecule has 1 heterocycles. The first-order chi connectivity index (χ1) is 11.5. The maximum Gasteiger partial charge on any atom is 0.123 e. The zero-order valence-electron chi connectivity index (χ0n) is 13.8. The molecule has 1 fully saturated rings. The van der Waals surface area contributed by atoms with Crippen LogP contribution >= 0.6 is 0 Å². The van der Waals surface area contributed by atoms with E-state index in [0.717, 1.165) is 42.6 Å². The molecule has 2 aliphatic carbocycles. The van der Waals surface area contributed by atoms with Crippen LogP contribution in [0.25, 0.3) is 11.8 Å². The van der Waals surface area contributed by atoms with Gasteiger partial charge in [-0.25, -0.2) is 9.07 Å². The van der Waals surface area contributed by atoms with E-state index in [1.54, 1.807) is 18.2 Å². The van der Waals surface area contributed by atoms with Crippen molar-refractivity contribution in [2.75, 3.05) is 0 Å². The average molecular weight is 324 g/mol. The van der Waals surface area contributed by atoms with Crippen LogP contribution in [-0.2, 0) is 6.42 Å². The summed E-state index contributed by atoms with van der Waals surface area (Å²) in [6, 6.07) is 6.35. The summed E-state index contributed by atoms with van der Waals surface area (Å²) in [6.45, 7) is 6.00. The summed E-state index contributed by atoms with van der Waals surface area (Å²) < 4.78 is 15.0. The van der Waals surface area contributed by atoms with E-state index in [1.807, 2.05) is 10.9 Å². The van der Waals surface area contributed by atoms with E-state index in [2.05, 4.69) is 24.7 Å². The number of benzene rings is 1. The topological polar surface area (TPSA) is 38.1 Å². The number of fused-ring (bicyclic) bond motifs is 2. The van der Waals surface area contributed by atoms with Crippen molar-refractivity contribution in [3.63, 3.8) is 0 Å². The van der Waals surface area contributed by atoms with Crippen LogP contribution in [0.1, 0.15) is 37.4 Å². The highest BCUT2D eigenvalue weighted by Crippen LogP contribution is 2.53. The minimum Gasteiger partial charge on any atom is -0.385 e. The Hall–Kier alpha value is -2.20. The average Bonchev–Trinajstić information content (AvgIpc) is 2.97. The van der Waals surface area contributed by atoms with Crippen molar-refractivity contribution in [2.45, 2.75) is 38.2 Å². The highest BCUT2D eigenvalue weighted by Gasteiger charge is 2.51. The van der Waals surface area contributed by atoms with Crippen LogP contribution in [0.4, 0.5) is 4.39 Å². The lowest BCUT2D eigenvalue weighted by Gasteiger charge is -2.50. The fourth-order valence-corrected chi connectivity index (χ4v) is 4.22. The van der Waals surface area contributed by atoms with Crippen molar-refractivity contribution in [3.05, 3.63) is 65.8 Å². The minimum absolute atomic E-state index is 0.256. The summed E-state index contributed by atoms with van der Waals surface area (Å²) in [5, 5.41) is 15.6. The molecule has 2 aliphatic rings. The van der Waals surface area contributed by atoms with Crippen LogP contribution < -0.4 is 0 Å². The molecule has 1 aromatic carbocycles. The first kappa shape index (κ1) is 15.3. The molecule has 0 saturated heterocycles. The lowest BCUT2D eigenvalue weighted by molar-refractivity contribution is -0.0363. The molecule has 4 rings (SSSR count). The molecule has 4 heteroatoms. The summed E-state index contributed by atoms with van der Waals surface area (Å²) in [5.74, 6) is -0.256. The van der Waals surface area contributed by atoms with Gasteiger partial charge in [-0.3, -0.25) is 0 Å². The van der Waals surface area contributed by atoms with E-state index in [9.17, 15) is 9.50 Å². The van der Waals surface area contributed by atoms with Crippen LogP contribution in [0.15, 0.2) is 48.7 Å². The molecule has 24 heavy (non-hydrogen) atoms. The van der Waals surface area contributed by atoms with Gasteiger partial charge >= 0.3 is 0 Å². The monoisotopic (exact) mass is 324 g/mol. The predicted octanol–water partition coefficient (Wildman–Crippen LogP) is 4.06. The summed E-state index contributed by atoms with van der Waals surface area (Å²) in [5.41, 5.74) is 3.00. The smallest absolute Gasteiger partial charge is 0.123 e. The molecule has 1 aromatic heterocycles. The van der Waals surface area contributed by atoms with Crippen LogP contribution in [0, 0.1) is 11.2 Å².